The van der Waals surface area contributed by atoms with Gasteiger partial charge in [0.2, 0.25) is 0 Å². The highest BCUT2D eigenvalue weighted by atomic mass is 35.5. The van der Waals surface area contributed by atoms with E-state index in [1.54, 1.807) is 13.0 Å². The van der Waals surface area contributed by atoms with Crippen molar-refractivity contribution in [3.8, 4) is 0 Å². The number of aliphatic hydroxyl groups excluding tert-OH is 2. The largest absolute Gasteiger partial charge is 0.390 e. The molecule has 1 aromatic rings. The first-order valence-electron chi connectivity index (χ1n) is 4.74. The van der Waals surface area contributed by atoms with E-state index in [9.17, 15) is 14.6 Å². The Balaban J connectivity index is 2.86. The Bertz CT molecular complexity index is 330. The molecule has 0 amide bonds. The quantitative estimate of drug-likeness (QED) is 0.781. The van der Waals surface area contributed by atoms with Crippen molar-refractivity contribution in [2.75, 3.05) is 5.88 Å². The van der Waals surface area contributed by atoms with E-state index in [2.05, 4.69) is 0 Å². The van der Waals surface area contributed by atoms with Gasteiger partial charge in [0.1, 0.15) is 11.9 Å². The van der Waals surface area contributed by atoms with Crippen LogP contribution in [0.1, 0.15) is 23.7 Å². The van der Waals surface area contributed by atoms with Crippen molar-refractivity contribution in [3.63, 3.8) is 0 Å². The fourth-order valence-corrected chi connectivity index (χ4v) is 1.57. The molecule has 0 heterocycles. The third kappa shape index (κ3) is 3.16. The molecule has 0 aliphatic heterocycles. The van der Waals surface area contributed by atoms with Crippen LogP contribution < -0.4 is 0 Å². The molecule has 15 heavy (non-hydrogen) atoms. The molecule has 0 saturated heterocycles. The van der Waals surface area contributed by atoms with E-state index in [-0.39, 0.29) is 17.9 Å². The number of hydrogen-bond acceptors (Lipinski definition) is 2. The molecule has 84 valence electrons. The minimum Gasteiger partial charge on any atom is -0.390 e. The van der Waals surface area contributed by atoms with Crippen LogP contribution in [0.4, 0.5) is 4.39 Å². The van der Waals surface area contributed by atoms with E-state index in [4.69, 9.17) is 11.6 Å². The summed E-state index contributed by atoms with van der Waals surface area (Å²) in [6, 6.07) is 4.49. The van der Waals surface area contributed by atoms with Gasteiger partial charge in [-0.3, -0.25) is 0 Å². The van der Waals surface area contributed by atoms with Crippen LogP contribution in [0.15, 0.2) is 18.2 Å². The van der Waals surface area contributed by atoms with Crippen LogP contribution in [0.5, 0.6) is 0 Å². The van der Waals surface area contributed by atoms with E-state index in [0.29, 0.717) is 0 Å². The van der Waals surface area contributed by atoms with Gasteiger partial charge in [-0.15, -0.1) is 11.6 Å². The van der Waals surface area contributed by atoms with Crippen LogP contribution in [0.3, 0.4) is 0 Å². The Labute approximate surface area is 93.3 Å². The second-order valence-corrected chi connectivity index (χ2v) is 3.89. The maximum absolute atomic E-state index is 13.4. The molecular formula is C11H14ClFO2. The first kappa shape index (κ1) is 12.4. The standard InChI is InChI=1S/C11H14ClFO2/c1-7-2-3-8(9(13)6-7)11(15)10(14)4-5-12/h2-3,6,10-11,14-15H,4-5H2,1H3. The molecule has 1 rings (SSSR count). The summed E-state index contributed by atoms with van der Waals surface area (Å²) in [5, 5.41) is 19.1. The molecule has 1 aromatic carbocycles. The average Bonchev–Trinajstić information content (AvgIpc) is 2.17. The highest BCUT2D eigenvalue weighted by molar-refractivity contribution is 6.17. The lowest BCUT2D eigenvalue weighted by Gasteiger charge is -2.17. The minimum absolute atomic E-state index is 0.109. The molecule has 0 radical (unpaired) electrons. The van der Waals surface area contributed by atoms with Crippen LogP contribution in [-0.2, 0) is 0 Å². The lowest BCUT2D eigenvalue weighted by atomic mass is 10.0. The van der Waals surface area contributed by atoms with Gasteiger partial charge in [0.15, 0.2) is 0 Å². The van der Waals surface area contributed by atoms with Crippen LogP contribution in [0.25, 0.3) is 0 Å². The molecule has 2 nitrogen and oxygen atoms in total. The van der Waals surface area contributed by atoms with Crippen LogP contribution in [0, 0.1) is 12.7 Å². The second kappa shape index (κ2) is 5.45. The number of alkyl halides is 1. The maximum Gasteiger partial charge on any atom is 0.129 e. The smallest absolute Gasteiger partial charge is 0.129 e. The van der Waals surface area contributed by atoms with Gasteiger partial charge >= 0.3 is 0 Å². The Morgan fingerprint density at radius 3 is 2.60 bits per heavy atom. The summed E-state index contributed by atoms with van der Waals surface area (Å²) < 4.78 is 13.4. The van der Waals surface area contributed by atoms with Crippen LogP contribution in [0.2, 0.25) is 0 Å². The predicted molar refractivity (Wildman–Crippen MR) is 57.4 cm³/mol. The molecule has 2 N–H and O–H groups in total. The van der Waals surface area contributed by atoms with Gasteiger partial charge in [-0.25, -0.2) is 4.39 Å². The average molecular weight is 233 g/mol. The van der Waals surface area contributed by atoms with E-state index >= 15 is 0 Å². The first-order chi connectivity index (χ1) is 7.06. The Morgan fingerprint density at radius 2 is 2.07 bits per heavy atom. The summed E-state index contributed by atoms with van der Waals surface area (Å²) in [6.07, 6.45) is -2.01. The van der Waals surface area contributed by atoms with Gasteiger partial charge in [-0.1, -0.05) is 12.1 Å². The molecular weight excluding hydrogens is 219 g/mol. The minimum atomic E-state index is -1.22. The number of halogens is 2. The normalized spacial score (nSPS) is 15.0. The SMILES string of the molecule is Cc1ccc(C(O)C(O)CCCl)c(F)c1. The zero-order valence-corrected chi connectivity index (χ0v) is 9.21. The maximum atomic E-state index is 13.4. The lowest BCUT2D eigenvalue weighted by Crippen LogP contribution is -2.19. The number of rotatable bonds is 4. The lowest BCUT2D eigenvalue weighted by molar-refractivity contribution is 0.0149. The van der Waals surface area contributed by atoms with E-state index in [0.717, 1.165) is 5.56 Å². The van der Waals surface area contributed by atoms with Gasteiger partial charge in [-0.05, 0) is 25.0 Å². The van der Waals surface area contributed by atoms with Crippen LogP contribution in [-0.4, -0.2) is 22.2 Å². The molecule has 0 fully saturated rings. The molecule has 2 atom stereocenters. The van der Waals surface area contributed by atoms with Gasteiger partial charge in [0, 0.05) is 11.4 Å². The third-order valence-electron chi connectivity index (χ3n) is 2.24. The molecule has 0 saturated carbocycles. The number of hydrogen-bond donors (Lipinski definition) is 2. The second-order valence-electron chi connectivity index (χ2n) is 3.51. The van der Waals surface area contributed by atoms with Gasteiger partial charge in [0.05, 0.1) is 6.10 Å². The van der Waals surface area contributed by atoms with Crippen LogP contribution >= 0.6 is 11.6 Å². The topological polar surface area (TPSA) is 40.5 Å². The number of benzene rings is 1. The third-order valence-corrected chi connectivity index (χ3v) is 2.46. The Kier molecular flexibility index (Phi) is 4.51. The van der Waals surface area contributed by atoms with Gasteiger partial charge in [-0.2, -0.15) is 0 Å². The summed E-state index contributed by atoms with van der Waals surface area (Å²) in [5.41, 5.74) is 0.883. The molecule has 0 bridgehead atoms. The van der Waals surface area contributed by atoms with Crippen molar-refractivity contribution in [3.05, 3.63) is 35.1 Å². The predicted octanol–water partition coefficient (Wildman–Crippen LogP) is 2.16. The summed E-state index contributed by atoms with van der Waals surface area (Å²) in [4.78, 5) is 0. The first-order valence-corrected chi connectivity index (χ1v) is 5.28. The summed E-state index contributed by atoms with van der Waals surface area (Å²) in [5.74, 6) is -0.276. The molecule has 4 heteroatoms. The van der Waals surface area contributed by atoms with Crippen molar-refractivity contribution >= 4 is 11.6 Å². The fraction of sp³-hybridized carbons (Fsp3) is 0.455. The fourth-order valence-electron chi connectivity index (χ4n) is 1.35. The molecule has 0 aliphatic carbocycles. The monoisotopic (exact) mass is 232 g/mol. The number of aryl methyl sites for hydroxylation is 1. The summed E-state index contributed by atoms with van der Waals surface area (Å²) >= 11 is 5.43. The molecule has 0 aliphatic rings. The Morgan fingerprint density at radius 1 is 1.40 bits per heavy atom. The highest BCUT2D eigenvalue weighted by Crippen LogP contribution is 2.22. The highest BCUT2D eigenvalue weighted by Gasteiger charge is 2.20. The van der Waals surface area contributed by atoms with E-state index in [1.165, 1.54) is 12.1 Å². The van der Waals surface area contributed by atoms with Crippen molar-refractivity contribution in [2.24, 2.45) is 0 Å². The zero-order valence-electron chi connectivity index (χ0n) is 8.45. The van der Waals surface area contributed by atoms with E-state index in [1.807, 2.05) is 0 Å². The summed E-state index contributed by atoms with van der Waals surface area (Å²) in [7, 11) is 0. The van der Waals surface area contributed by atoms with Crippen molar-refractivity contribution in [1.29, 1.82) is 0 Å². The van der Waals surface area contributed by atoms with Crippen molar-refractivity contribution < 1.29 is 14.6 Å². The molecule has 2 unspecified atom stereocenters. The molecule has 0 spiro atoms. The van der Waals surface area contributed by atoms with Crippen molar-refractivity contribution in [1.82, 2.24) is 0 Å². The van der Waals surface area contributed by atoms with Crippen molar-refractivity contribution in [2.45, 2.75) is 25.6 Å². The molecule has 0 aromatic heterocycles. The van der Waals surface area contributed by atoms with E-state index < -0.39 is 18.0 Å². The summed E-state index contributed by atoms with van der Waals surface area (Å²) in [6.45, 7) is 1.76. The van der Waals surface area contributed by atoms with Gasteiger partial charge < -0.3 is 10.2 Å². The number of aliphatic hydroxyl groups is 2. The zero-order chi connectivity index (χ0) is 11.4. The van der Waals surface area contributed by atoms with Gasteiger partial charge in [0.25, 0.3) is 0 Å². The Hall–Kier alpha value is -0.640.